The molecular weight excluding hydrogens is 339 g/mol. The van der Waals surface area contributed by atoms with Crippen molar-refractivity contribution in [1.82, 2.24) is 10.2 Å². The summed E-state index contributed by atoms with van der Waals surface area (Å²) in [6.07, 6.45) is 0. The predicted octanol–water partition coefficient (Wildman–Crippen LogP) is 3.64. The lowest BCUT2D eigenvalue weighted by atomic mass is 9.99. The van der Waals surface area contributed by atoms with E-state index in [1.165, 1.54) is 5.56 Å². The van der Waals surface area contributed by atoms with E-state index in [-0.39, 0.29) is 11.9 Å². The van der Waals surface area contributed by atoms with Crippen LogP contribution in [0, 0.1) is 5.82 Å². The molecule has 1 aromatic heterocycles. The molecule has 5 heteroatoms. The molecule has 1 fully saturated rings. The molecular formula is C15H16BrFN2S. The normalized spacial score (nSPS) is 18.1. The Labute approximate surface area is 130 Å². The van der Waals surface area contributed by atoms with Crippen LogP contribution in [0.5, 0.6) is 0 Å². The van der Waals surface area contributed by atoms with Gasteiger partial charge in [-0.2, -0.15) is 11.3 Å². The van der Waals surface area contributed by atoms with Gasteiger partial charge >= 0.3 is 0 Å². The minimum Gasteiger partial charge on any atom is -0.314 e. The summed E-state index contributed by atoms with van der Waals surface area (Å²) >= 11 is 4.92. The molecule has 0 saturated carbocycles. The monoisotopic (exact) mass is 354 g/mol. The van der Waals surface area contributed by atoms with E-state index in [4.69, 9.17) is 0 Å². The Bertz CT molecular complexity index is 567. The smallest absolute Gasteiger partial charge is 0.137 e. The van der Waals surface area contributed by atoms with Crippen LogP contribution in [-0.2, 0) is 0 Å². The zero-order valence-electron chi connectivity index (χ0n) is 11.0. The maximum atomic E-state index is 13.9. The van der Waals surface area contributed by atoms with Gasteiger partial charge in [0.1, 0.15) is 5.82 Å². The molecule has 1 aliphatic heterocycles. The summed E-state index contributed by atoms with van der Waals surface area (Å²) in [5.74, 6) is -0.196. The van der Waals surface area contributed by atoms with Gasteiger partial charge in [0.05, 0.1) is 10.5 Å². The van der Waals surface area contributed by atoms with Crippen molar-refractivity contribution in [3.05, 3.63) is 56.4 Å². The van der Waals surface area contributed by atoms with Gasteiger partial charge in [-0.05, 0) is 56.0 Å². The molecule has 0 radical (unpaired) electrons. The van der Waals surface area contributed by atoms with Crippen molar-refractivity contribution in [3.8, 4) is 0 Å². The van der Waals surface area contributed by atoms with Crippen LogP contribution in [0.2, 0.25) is 0 Å². The summed E-state index contributed by atoms with van der Waals surface area (Å²) in [6, 6.07) is 7.74. The van der Waals surface area contributed by atoms with Crippen molar-refractivity contribution in [2.24, 2.45) is 0 Å². The Morgan fingerprint density at radius 1 is 1.20 bits per heavy atom. The van der Waals surface area contributed by atoms with Gasteiger partial charge in [-0.3, -0.25) is 4.90 Å². The first kappa shape index (κ1) is 14.2. The van der Waals surface area contributed by atoms with Gasteiger partial charge in [-0.1, -0.05) is 6.07 Å². The van der Waals surface area contributed by atoms with Gasteiger partial charge < -0.3 is 5.32 Å². The molecule has 1 saturated heterocycles. The van der Waals surface area contributed by atoms with Crippen LogP contribution in [0.15, 0.2) is 39.5 Å². The summed E-state index contributed by atoms with van der Waals surface area (Å²) in [4.78, 5) is 2.42. The van der Waals surface area contributed by atoms with Crippen LogP contribution in [-0.4, -0.2) is 31.1 Å². The fourth-order valence-electron chi connectivity index (χ4n) is 2.67. The Morgan fingerprint density at radius 2 is 2.00 bits per heavy atom. The standard InChI is InChI=1S/C15H16BrFN2S/c16-13-2-1-11(9-14(13)17)15(12-3-8-20-10-12)19-6-4-18-5-7-19/h1-3,8-10,15,18H,4-7H2/t15-/m0/s1. The number of hydrogen-bond acceptors (Lipinski definition) is 3. The maximum absolute atomic E-state index is 13.9. The zero-order chi connectivity index (χ0) is 13.9. The van der Waals surface area contributed by atoms with Crippen LogP contribution in [0.4, 0.5) is 4.39 Å². The van der Waals surface area contributed by atoms with E-state index >= 15 is 0 Å². The molecule has 2 nitrogen and oxygen atoms in total. The van der Waals surface area contributed by atoms with E-state index in [0.29, 0.717) is 4.47 Å². The van der Waals surface area contributed by atoms with Crippen LogP contribution >= 0.6 is 27.3 Å². The quantitative estimate of drug-likeness (QED) is 0.904. The van der Waals surface area contributed by atoms with Crippen molar-refractivity contribution in [3.63, 3.8) is 0 Å². The van der Waals surface area contributed by atoms with E-state index in [1.807, 2.05) is 6.07 Å². The lowest BCUT2D eigenvalue weighted by Crippen LogP contribution is -2.45. The summed E-state index contributed by atoms with van der Waals surface area (Å²) in [7, 11) is 0. The second-order valence-electron chi connectivity index (χ2n) is 4.92. The molecule has 3 rings (SSSR count). The topological polar surface area (TPSA) is 15.3 Å². The first-order valence-electron chi connectivity index (χ1n) is 6.67. The molecule has 1 atom stereocenters. The van der Waals surface area contributed by atoms with E-state index in [0.717, 1.165) is 31.7 Å². The summed E-state index contributed by atoms with van der Waals surface area (Å²) in [5.41, 5.74) is 2.27. The lowest BCUT2D eigenvalue weighted by molar-refractivity contribution is 0.198. The number of benzene rings is 1. The van der Waals surface area contributed by atoms with E-state index < -0.39 is 0 Å². The Balaban J connectivity index is 1.98. The predicted molar refractivity (Wildman–Crippen MR) is 84.7 cm³/mol. The van der Waals surface area contributed by atoms with Gasteiger partial charge in [0.2, 0.25) is 0 Å². The number of piperazine rings is 1. The fraction of sp³-hybridized carbons (Fsp3) is 0.333. The minimum absolute atomic E-state index is 0.144. The largest absolute Gasteiger partial charge is 0.314 e. The molecule has 1 N–H and O–H groups in total. The van der Waals surface area contributed by atoms with Crippen LogP contribution < -0.4 is 5.32 Å². The fourth-order valence-corrected chi connectivity index (χ4v) is 3.59. The molecule has 1 aromatic carbocycles. The highest BCUT2D eigenvalue weighted by Crippen LogP contribution is 2.32. The summed E-state index contributed by atoms with van der Waals surface area (Å²) in [5, 5.41) is 7.61. The summed E-state index contributed by atoms with van der Waals surface area (Å²) < 4.78 is 14.4. The Hall–Kier alpha value is -0.750. The first-order chi connectivity index (χ1) is 9.75. The van der Waals surface area contributed by atoms with E-state index in [9.17, 15) is 4.39 Å². The third kappa shape index (κ3) is 2.96. The highest BCUT2D eigenvalue weighted by Gasteiger charge is 2.24. The average Bonchev–Trinajstić information content (AvgIpc) is 2.98. The third-order valence-electron chi connectivity index (χ3n) is 3.64. The molecule has 2 heterocycles. The molecule has 20 heavy (non-hydrogen) atoms. The van der Waals surface area contributed by atoms with Crippen molar-refractivity contribution in [2.75, 3.05) is 26.2 Å². The van der Waals surface area contributed by atoms with Crippen LogP contribution in [0.3, 0.4) is 0 Å². The van der Waals surface area contributed by atoms with Crippen molar-refractivity contribution < 1.29 is 4.39 Å². The van der Waals surface area contributed by atoms with Crippen LogP contribution in [0.25, 0.3) is 0 Å². The number of rotatable bonds is 3. The van der Waals surface area contributed by atoms with Crippen molar-refractivity contribution in [2.45, 2.75) is 6.04 Å². The molecule has 0 bridgehead atoms. The molecule has 0 spiro atoms. The van der Waals surface area contributed by atoms with Gasteiger partial charge in [-0.25, -0.2) is 4.39 Å². The number of nitrogens with one attached hydrogen (secondary N) is 1. The molecule has 1 aliphatic rings. The second kappa shape index (κ2) is 6.35. The lowest BCUT2D eigenvalue weighted by Gasteiger charge is -2.35. The number of nitrogens with zero attached hydrogens (tertiary/aromatic N) is 1. The van der Waals surface area contributed by atoms with Gasteiger partial charge in [0.15, 0.2) is 0 Å². The molecule has 2 aromatic rings. The number of halogens is 2. The molecule has 0 unspecified atom stereocenters. The maximum Gasteiger partial charge on any atom is 0.137 e. The first-order valence-corrected chi connectivity index (χ1v) is 8.41. The van der Waals surface area contributed by atoms with Crippen molar-refractivity contribution >= 4 is 27.3 Å². The van der Waals surface area contributed by atoms with E-state index in [2.05, 4.69) is 43.0 Å². The number of hydrogen-bond donors (Lipinski definition) is 1. The zero-order valence-corrected chi connectivity index (χ0v) is 13.4. The van der Waals surface area contributed by atoms with Gasteiger partial charge in [0.25, 0.3) is 0 Å². The molecule has 0 amide bonds. The Kier molecular flexibility index (Phi) is 4.51. The number of thiophene rings is 1. The molecule has 0 aliphatic carbocycles. The van der Waals surface area contributed by atoms with Gasteiger partial charge in [-0.15, -0.1) is 0 Å². The minimum atomic E-state index is -0.196. The second-order valence-corrected chi connectivity index (χ2v) is 6.55. The van der Waals surface area contributed by atoms with Crippen LogP contribution in [0.1, 0.15) is 17.2 Å². The third-order valence-corrected chi connectivity index (χ3v) is 4.98. The highest BCUT2D eigenvalue weighted by molar-refractivity contribution is 9.10. The average molecular weight is 355 g/mol. The molecule has 106 valence electrons. The van der Waals surface area contributed by atoms with Crippen molar-refractivity contribution in [1.29, 1.82) is 0 Å². The van der Waals surface area contributed by atoms with E-state index in [1.54, 1.807) is 23.5 Å². The highest BCUT2D eigenvalue weighted by atomic mass is 79.9. The Morgan fingerprint density at radius 3 is 2.65 bits per heavy atom. The van der Waals surface area contributed by atoms with Gasteiger partial charge in [0, 0.05) is 26.2 Å². The summed E-state index contributed by atoms with van der Waals surface area (Å²) in [6.45, 7) is 3.94. The SMILES string of the molecule is Fc1cc([C@@H](c2ccsc2)N2CCNCC2)ccc1Br.